The van der Waals surface area contributed by atoms with Crippen LogP contribution in [-0.2, 0) is 11.3 Å². The second-order valence-electron chi connectivity index (χ2n) is 9.32. The first-order valence-corrected chi connectivity index (χ1v) is 12.2. The smallest absolute Gasteiger partial charge is 0.254 e. The molecule has 1 aromatic heterocycles. The number of allylic oxidation sites excluding steroid dienone is 1. The number of benzene rings is 3. The number of amides is 1. The zero-order valence-electron chi connectivity index (χ0n) is 19.9. The van der Waals surface area contributed by atoms with Crippen molar-refractivity contribution < 1.29 is 4.79 Å². The number of nitrogens with one attached hydrogen (secondary N) is 1. The second kappa shape index (κ2) is 9.04. The number of para-hydroxylation sites is 2. The Bertz CT molecular complexity index is 1380. The van der Waals surface area contributed by atoms with Gasteiger partial charge in [-0.15, -0.1) is 0 Å². The third-order valence-electron chi connectivity index (χ3n) is 7.08. The van der Waals surface area contributed by atoms with Gasteiger partial charge in [0.15, 0.2) is 0 Å². The van der Waals surface area contributed by atoms with Crippen molar-refractivity contribution in [2.24, 2.45) is 0 Å². The fraction of sp³-hybridized carbons (Fsp3) is 0.241. The topological polar surface area (TPSA) is 53.4 Å². The van der Waals surface area contributed by atoms with Crippen molar-refractivity contribution in [1.82, 2.24) is 19.4 Å². The summed E-state index contributed by atoms with van der Waals surface area (Å²) < 4.78 is 2.18. The first-order valence-electron chi connectivity index (χ1n) is 12.2. The fourth-order valence-corrected chi connectivity index (χ4v) is 5.31. The standard InChI is InChI=1S/C29H29N5O/c1-21-26(28(35)33-18-16-32(17-19-33)20-22-10-4-2-5-11-22)27(23-12-6-3-7-13-23)34-25-15-9-8-14-24(25)31-29(34)30-21/h2-15,27H,16-20H2,1H3,(H,30,31)/t27-/m1/s1. The number of aromatic nitrogens is 2. The van der Waals surface area contributed by atoms with Crippen molar-refractivity contribution in [3.8, 4) is 0 Å². The van der Waals surface area contributed by atoms with Crippen molar-refractivity contribution in [2.45, 2.75) is 19.5 Å². The molecule has 0 unspecified atom stereocenters. The van der Waals surface area contributed by atoms with E-state index >= 15 is 0 Å². The molecule has 6 heteroatoms. The summed E-state index contributed by atoms with van der Waals surface area (Å²) in [6, 6.07) is 28.7. The van der Waals surface area contributed by atoms with E-state index in [0.29, 0.717) is 0 Å². The van der Waals surface area contributed by atoms with Crippen LogP contribution in [0.3, 0.4) is 0 Å². The van der Waals surface area contributed by atoms with Crippen LogP contribution in [-0.4, -0.2) is 51.4 Å². The Morgan fingerprint density at radius 1 is 0.886 bits per heavy atom. The highest BCUT2D eigenvalue weighted by atomic mass is 16.2. The maximum absolute atomic E-state index is 14.1. The number of nitrogens with zero attached hydrogens (tertiary/aromatic N) is 4. The molecule has 1 N–H and O–H groups in total. The van der Waals surface area contributed by atoms with E-state index in [1.54, 1.807) is 0 Å². The van der Waals surface area contributed by atoms with Crippen molar-refractivity contribution in [2.75, 3.05) is 31.5 Å². The minimum absolute atomic E-state index is 0.103. The first-order chi connectivity index (χ1) is 17.2. The summed E-state index contributed by atoms with van der Waals surface area (Å²) in [6.07, 6.45) is 0. The Kier molecular flexibility index (Phi) is 5.58. The highest BCUT2D eigenvalue weighted by molar-refractivity contribution is 5.98. The Labute approximate surface area is 205 Å². The fourth-order valence-electron chi connectivity index (χ4n) is 5.31. The van der Waals surface area contributed by atoms with Crippen molar-refractivity contribution in [1.29, 1.82) is 0 Å². The number of piperazine rings is 1. The van der Waals surface area contributed by atoms with Crippen LogP contribution >= 0.6 is 0 Å². The molecule has 1 saturated heterocycles. The lowest BCUT2D eigenvalue weighted by Crippen LogP contribution is -2.49. The van der Waals surface area contributed by atoms with Gasteiger partial charge in [-0.2, -0.15) is 0 Å². The van der Waals surface area contributed by atoms with E-state index in [1.165, 1.54) is 5.56 Å². The predicted molar refractivity (Wildman–Crippen MR) is 139 cm³/mol. The van der Waals surface area contributed by atoms with E-state index in [4.69, 9.17) is 4.98 Å². The molecule has 3 aromatic carbocycles. The minimum atomic E-state index is -0.227. The molecule has 0 radical (unpaired) electrons. The molecule has 1 fully saturated rings. The lowest BCUT2D eigenvalue weighted by molar-refractivity contribution is -0.129. The normalized spacial score (nSPS) is 18.4. The Hall–Kier alpha value is -3.90. The van der Waals surface area contributed by atoms with Crippen molar-refractivity contribution in [3.63, 3.8) is 0 Å². The summed E-state index contributed by atoms with van der Waals surface area (Å²) in [4.78, 5) is 23.3. The molecule has 4 aromatic rings. The maximum atomic E-state index is 14.1. The van der Waals surface area contributed by atoms with Gasteiger partial charge in [0.05, 0.1) is 22.6 Å². The van der Waals surface area contributed by atoms with Crippen LogP contribution in [0, 0.1) is 0 Å². The molecule has 0 saturated carbocycles. The molecule has 6 rings (SSSR count). The zero-order chi connectivity index (χ0) is 23.8. The van der Waals surface area contributed by atoms with Gasteiger partial charge in [-0.3, -0.25) is 14.3 Å². The highest BCUT2D eigenvalue weighted by Crippen LogP contribution is 2.39. The third-order valence-corrected chi connectivity index (χ3v) is 7.08. The lowest BCUT2D eigenvalue weighted by atomic mass is 9.93. The summed E-state index contributed by atoms with van der Waals surface area (Å²) in [5, 5.41) is 3.43. The van der Waals surface area contributed by atoms with Crippen LogP contribution in [0.25, 0.3) is 11.0 Å². The molecule has 2 aliphatic rings. The number of hydrogen-bond acceptors (Lipinski definition) is 4. The first kappa shape index (κ1) is 21.6. The van der Waals surface area contributed by atoms with Gasteiger partial charge in [-0.05, 0) is 30.2 Å². The number of hydrogen-bond donors (Lipinski definition) is 1. The SMILES string of the molecule is CC1=C(C(=O)N2CCN(Cc3ccccc3)CC2)[C@@H](c2ccccc2)n2c(nc3ccccc32)N1. The van der Waals surface area contributed by atoms with Crippen molar-refractivity contribution in [3.05, 3.63) is 107 Å². The average Bonchev–Trinajstić information content (AvgIpc) is 3.27. The summed E-state index contributed by atoms with van der Waals surface area (Å²) in [5.41, 5.74) is 6.01. The average molecular weight is 464 g/mol. The molecule has 0 spiro atoms. The minimum Gasteiger partial charge on any atom is -0.336 e. The molecule has 0 bridgehead atoms. The van der Waals surface area contributed by atoms with Crippen LogP contribution < -0.4 is 5.32 Å². The van der Waals surface area contributed by atoms with Gasteiger partial charge in [0, 0.05) is 38.4 Å². The lowest BCUT2D eigenvalue weighted by Gasteiger charge is -2.38. The number of carbonyl (C=O) groups is 1. The molecular formula is C29H29N5O. The second-order valence-corrected chi connectivity index (χ2v) is 9.32. The van der Waals surface area contributed by atoms with Gasteiger partial charge >= 0.3 is 0 Å². The Morgan fingerprint density at radius 3 is 2.29 bits per heavy atom. The van der Waals surface area contributed by atoms with E-state index in [-0.39, 0.29) is 11.9 Å². The Morgan fingerprint density at radius 2 is 1.54 bits per heavy atom. The van der Waals surface area contributed by atoms with E-state index in [0.717, 1.165) is 66.5 Å². The summed E-state index contributed by atoms with van der Waals surface area (Å²) in [6.45, 7) is 6.11. The molecular weight excluding hydrogens is 434 g/mol. The maximum Gasteiger partial charge on any atom is 0.254 e. The summed E-state index contributed by atoms with van der Waals surface area (Å²) in [5.74, 6) is 0.883. The molecule has 176 valence electrons. The summed E-state index contributed by atoms with van der Waals surface area (Å²) >= 11 is 0. The zero-order valence-corrected chi connectivity index (χ0v) is 19.9. The number of carbonyl (C=O) groups excluding carboxylic acids is 1. The van der Waals surface area contributed by atoms with Gasteiger partial charge in [0.25, 0.3) is 5.91 Å². The number of imidazole rings is 1. The van der Waals surface area contributed by atoms with Gasteiger partial charge in [0.1, 0.15) is 0 Å². The monoisotopic (exact) mass is 463 g/mol. The highest BCUT2D eigenvalue weighted by Gasteiger charge is 2.36. The van der Waals surface area contributed by atoms with Crippen LogP contribution in [0.4, 0.5) is 5.95 Å². The van der Waals surface area contributed by atoms with Crippen LogP contribution in [0.5, 0.6) is 0 Å². The molecule has 1 atom stereocenters. The van der Waals surface area contributed by atoms with Crippen molar-refractivity contribution >= 4 is 22.9 Å². The molecule has 6 nitrogen and oxygen atoms in total. The van der Waals surface area contributed by atoms with Gasteiger partial charge in [-0.1, -0.05) is 72.8 Å². The van der Waals surface area contributed by atoms with E-state index < -0.39 is 0 Å². The van der Waals surface area contributed by atoms with Crippen LogP contribution in [0.2, 0.25) is 0 Å². The third kappa shape index (κ3) is 4.00. The molecule has 0 aliphatic carbocycles. The molecule has 3 heterocycles. The van der Waals surface area contributed by atoms with E-state index in [2.05, 4.69) is 57.2 Å². The Balaban J connectivity index is 1.30. The summed E-state index contributed by atoms with van der Waals surface area (Å²) in [7, 11) is 0. The molecule has 35 heavy (non-hydrogen) atoms. The van der Waals surface area contributed by atoms with Gasteiger partial charge in [0.2, 0.25) is 5.95 Å². The molecule has 2 aliphatic heterocycles. The van der Waals surface area contributed by atoms with Crippen LogP contribution in [0.15, 0.2) is 96.2 Å². The predicted octanol–water partition coefficient (Wildman–Crippen LogP) is 4.67. The van der Waals surface area contributed by atoms with Gasteiger partial charge < -0.3 is 10.2 Å². The molecule has 1 amide bonds. The number of anilines is 1. The van der Waals surface area contributed by atoms with E-state index in [9.17, 15) is 4.79 Å². The number of rotatable bonds is 4. The van der Waals surface area contributed by atoms with E-state index in [1.807, 2.05) is 54.3 Å². The van der Waals surface area contributed by atoms with Crippen LogP contribution in [0.1, 0.15) is 24.1 Å². The number of fused-ring (bicyclic) bond motifs is 3. The quantitative estimate of drug-likeness (QED) is 0.478. The largest absolute Gasteiger partial charge is 0.336 e. The van der Waals surface area contributed by atoms with Gasteiger partial charge in [-0.25, -0.2) is 4.98 Å².